The van der Waals surface area contributed by atoms with Crippen LogP contribution in [0.1, 0.15) is 5.56 Å². The van der Waals surface area contributed by atoms with Crippen LogP contribution in [0.4, 0.5) is 5.82 Å². The molecular weight excluding hydrogens is 190 g/mol. The van der Waals surface area contributed by atoms with Gasteiger partial charge in [-0.15, -0.1) is 0 Å². The number of rotatable bonds is 3. The minimum atomic E-state index is 0.0100. The number of halogens is 1. The number of aliphatic hydroxyl groups excluding tert-OH is 1. The summed E-state index contributed by atoms with van der Waals surface area (Å²) in [5.41, 5.74) is 0.445. The minimum absolute atomic E-state index is 0.0100. The number of aromatic nitrogens is 1. The van der Waals surface area contributed by atoms with Crippen LogP contribution in [0.3, 0.4) is 0 Å². The summed E-state index contributed by atoms with van der Waals surface area (Å²) in [5, 5.41) is 20.2. The van der Waals surface area contributed by atoms with Gasteiger partial charge in [0.2, 0.25) is 0 Å². The van der Waals surface area contributed by atoms with Gasteiger partial charge in [0.1, 0.15) is 11.0 Å². The smallest absolute Gasteiger partial charge is 0.132 e. The largest absolute Gasteiger partial charge is 0.395 e. The van der Waals surface area contributed by atoms with E-state index in [1.807, 2.05) is 6.07 Å². The van der Waals surface area contributed by atoms with E-state index in [2.05, 4.69) is 10.3 Å². The maximum absolute atomic E-state index is 8.60. The summed E-state index contributed by atoms with van der Waals surface area (Å²) in [6, 6.07) is 5.01. The summed E-state index contributed by atoms with van der Waals surface area (Å²) in [6.45, 7) is 0.397. The Labute approximate surface area is 80.8 Å². The molecule has 1 heterocycles. The molecule has 5 heteroatoms. The maximum Gasteiger partial charge on any atom is 0.132 e. The fourth-order valence-electron chi connectivity index (χ4n) is 0.836. The Kier molecular flexibility index (Phi) is 3.50. The fraction of sp³-hybridized carbons (Fsp3) is 0.250. The number of nitrogens with one attached hydrogen (secondary N) is 1. The zero-order valence-corrected chi connectivity index (χ0v) is 7.54. The quantitative estimate of drug-likeness (QED) is 0.710. The van der Waals surface area contributed by atoms with Crippen LogP contribution in [0.5, 0.6) is 0 Å². The summed E-state index contributed by atoms with van der Waals surface area (Å²) in [4.78, 5) is 3.91. The van der Waals surface area contributed by atoms with Gasteiger partial charge in [0.25, 0.3) is 0 Å². The Morgan fingerprint density at radius 2 is 2.38 bits per heavy atom. The minimum Gasteiger partial charge on any atom is -0.395 e. The highest BCUT2D eigenvalue weighted by Gasteiger charge is 1.99. The number of hydrogen-bond acceptors (Lipinski definition) is 4. The summed E-state index contributed by atoms with van der Waals surface area (Å²) in [5.74, 6) is 0.498. The summed E-state index contributed by atoms with van der Waals surface area (Å²) >= 11 is 5.64. The van der Waals surface area contributed by atoms with Crippen LogP contribution in [0, 0.1) is 11.3 Å². The molecule has 13 heavy (non-hydrogen) atoms. The Bertz CT molecular complexity index is 335. The van der Waals surface area contributed by atoms with Crippen molar-refractivity contribution in [2.75, 3.05) is 18.5 Å². The molecule has 0 aliphatic heterocycles. The number of nitrogens with zero attached hydrogens (tertiary/aromatic N) is 2. The highest BCUT2D eigenvalue weighted by molar-refractivity contribution is 6.29. The van der Waals surface area contributed by atoms with E-state index in [9.17, 15) is 0 Å². The molecule has 4 nitrogen and oxygen atoms in total. The van der Waals surface area contributed by atoms with Crippen molar-refractivity contribution in [2.45, 2.75) is 0 Å². The average molecular weight is 198 g/mol. The first kappa shape index (κ1) is 9.78. The molecule has 0 spiro atoms. The molecule has 0 saturated carbocycles. The molecule has 0 atom stereocenters. The molecule has 0 aliphatic rings. The normalized spacial score (nSPS) is 9.31. The SMILES string of the molecule is N#Cc1cc(Cl)nc(NCCO)c1. The third-order valence-electron chi connectivity index (χ3n) is 1.34. The van der Waals surface area contributed by atoms with Crippen LogP contribution < -0.4 is 5.32 Å². The Morgan fingerprint density at radius 3 is 3.00 bits per heavy atom. The Balaban J connectivity index is 2.83. The molecule has 0 bridgehead atoms. The van der Waals surface area contributed by atoms with E-state index < -0.39 is 0 Å². The lowest BCUT2D eigenvalue weighted by molar-refractivity contribution is 0.311. The molecule has 0 fully saturated rings. The van der Waals surface area contributed by atoms with Gasteiger partial charge in [0.15, 0.2) is 0 Å². The van der Waals surface area contributed by atoms with Crippen molar-refractivity contribution in [3.05, 3.63) is 22.8 Å². The molecule has 0 unspecified atom stereocenters. The van der Waals surface area contributed by atoms with E-state index in [1.165, 1.54) is 6.07 Å². The van der Waals surface area contributed by atoms with Crippen LogP contribution in [0.15, 0.2) is 12.1 Å². The van der Waals surface area contributed by atoms with Crippen LogP contribution in [0.2, 0.25) is 5.15 Å². The van der Waals surface area contributed by atoms with E-state index in [0.29, 0.717) is 17.9 Å². The molecule has 68 valence electrons. The van der Waals surface area contributed by atoms with Crippen molar-refractivity contribution >= 4 is 17.4 Å². The van der Waals surface area contributed by atoms with Gasteiger partial charge in [-0.3, -0.25) is 0 Å². The monoisotopic (exact) mass is 197 g/mol. The van der Waals surface area contributed by atoms with E-state index in [4.69, 9.17) is 22.0 Å². The van der Waals surface area contributed by atoms with Crippen molar-refractivity contribution in [3.8, 4) is 6.07 Å². The lowest BCUT2D eigenvalue weighted by atomic mass is 10.3. The third kappa shape index (κ3) is 2.90. The number of hydrogen-bond donors (Lipinski definition) is 2. The van der Waals surface area contributed by atoms with E-state index in [0.717, 1.165) is 0 Å². The lowest BCUT2D eigenvalue weighted by Gasteiger charge is -2.03. The maximum atomic E-state index is 8.60. The molecule has 2 N–H and O–H groups in total. The number of aliphatic hydroxyl groups is 1. The van der Waals surface area contributed by atoms with Gasteiger partial charge < -0.3 is 10.4 Å². The van der Waals surface area contributed by atoms with Crippen LogP contribution in [-0.4, -0.2) is 23.2 Å². The average Bonchev–Trinajstić information content (AvgIpc) is 2.14. The van der Waals surface area contributed by atoms with Crippen LogP contribution in [-0.2, 0) is 0 Å². The highest BCUT2D eigenvalue weighted by Crippen LogP contribution is 2.13. The predicted octanol–water partition coefficient (Wildman–Crippen LogP) is 1.01. The molecule has 0 aliphatic carbocycles. The Hall–Kier alpha value is -1.31. The predicted molar refractivity (Wildman–Crippen MR) is 49.5 cm³/mol. The third-order valence-corrected chi connectivity index (χ3v) is 1.53. The number of pyridine rings is 1. The molecular formula is C8H8ClN3O. The zero-order chi connectivity index (χ0) is 9.68. The number of nitriles is 1. The number of anilines is 1. The summed E-state index contributed by atoms with van der Waals surface area (Å²) in [7, 11) is 0. The zero-order valence-electron chi connectivity index (χ0n) is 6.79. The molecule has 0 radical (unpaired) electrons. The Morgan fingerprint density at radius 1 is 1.62 bits per heavy atom. The molecule has 0 aromatic carbocycles. The van der Waals surface area contributed by atoms with Gasteiger partial charge in [0.05, 0.1) is 18.2 Å². The first-order valence-electron chi connectivity index (χ1n) is 3.68. The van der Waals surface area contributed by atoms with Crippen molar-refractivity contribution in [1.29, 1.82) is 5.26 Å². The van der Waals surface area contributed by atoms with Gasteiger partial charge in [-0.05, 0) is 12.1 Å². The van der Waals surface area contributed by atoms with E-state index >= 15 is 0 Å². The molecule has 1 aromatic heterocycles. The van der Waals surface area contributed by atoms with Gasteiger partial charge in [-0.2, -0.15) is 5.26 Å². The topological polar surface area (TPSA) is 68.9 Å². The molecule has 0 amide bonds. The highest BCUT2D eigenvalue weighted by atomic mass is 35.5. The molecule has 0 saturated heterocycles. The van der Waals surface area contributed by atoms with Crippen molar-refractivity contribution in [3.63, 3.8) is 0 Å². The summed E-state index contributed by atoms with van der Waals surface area (Å²) < 4.78 is 0. The first-order chi connectivity index (χ1) is 6.26. The first-order valence-corrected chi connectivity index (χ1v) is 4.06. The van der Waals surface area contributed by atoms with E-state index in [1.54, 1.807) is 6.07 Å². The fourth-order valence-corrected chi connectivity index (χ4v) is 1.04. The van der Waals surface area contributed by atoms with Crippen LogP contribution >= 0.6 is 11.6 Å². The lowest BCUT2D eigenvalue weighted by Crippen LogP contribution is -2.07. The molecule has 1 aromatic rings. The van der Waals surface area contributed by atoms with Gasteiger partial charge in [-0.1, -0.05) is 11.6 Å². The summed E-state index contributed by atoms with van der Waals surface area (Å²) in [6.07, 6.45) is 0. The van der Waals surface area contributed by atoms with Gasteiger partial charge in [0, 0.05) is 6.54 Å². The molecule has 1 rings (SSSR count). The van der Waals surface area contributed by atoms with Gasteiger partial charge >= 0.3 is 0 Å². The second-order valence-corrected chi connectivity index (χ2v) is 2.71. The van der Waals surface area contributed by atoms with Crippen molar-refractivity contribution in [1.82, 2.24) is 4.98 Å². The van der Waals surface area contributed by atoms with Crippen molar-refractivity contribution < 1.29 is 5.11 Å². The van der Waals surface area contributed by atoms with Gasteiger partial charge in [-0.25, -0.2) is 4.98 Å². The standard InChI is InChI=1S/C8H8ClN3O/c9-7-3-6(5-10)4-8(12-7)11-1-2-13/h3-4,13H,1-2H2,(H,11,12). The van der Waals surface area contributed by atoms with E-state index in [-0.39, 0.29) is 11.8 Å². The second kappa shape index (κ2) is 4.65. The second-order valence-electron chi connectivity index (χ2n) is 2.33. The van der Waals surface area contributed by atoms with Crippen molar-refractivity contribution in [2.24, 2.45) is 0 Å². The van der Waals surface area contributed by atoms with Crippen LogP contribution in [0.25, 0.3) is 0 Å².